The number of rotatable bonds is 6. The SMILES string of the molecule is COc1ccc(-c2ccc(C=NNc3nc4ccccc4s3)o2)c([N+](=O)[O-])c1. The van der Waals surface area contributed by atoms with Crippen LogP contribution in [0.25, 0.3) is 21.5 Å². The summed E-state index contributed by atoms with van der Waals surface area (Å²) in [5, 5.41) is 16.1. The largest absolute Gasteiger partial charge is 0.497 e. The van der Waals surface area contributed by atoms with E-state index < -0.39 is 4.92 Å². The number of thiazole rings is 1. The summed E-state index contributed by atoms with van der Waals surface area (Å²) in [5.74, 6) is 1.23. The van der Waals surface area contributed by atoms with Gasteiger partial charge < -0.3 is 9.15 Å². The van der Waals surface area contributed by atoms with E-state index in [4.69, 9.17) is 9.15 Å². The van der Waals surface area contributed by atoms with Gasteiger partial charge in [-0.05, 0) is 36.4 Å². The zero-order valence-electron chi connectivity index (χ0n) is 14.7. The van der Waals surface area contributed by atoms with E-state index in [0.717, 1.165) is 10.2 Å². The molecule has 8 nitrogen and oxygen atoms in total. The number of hydrogen-bond donors (Lipinski definition) is 1. The lowest BCUT2D eigenvalue weighted by molar-refractivity contribution is -0.384. The van der Waals surface area contributed by atoms with Crippen LogP contribution in [0.4, 0.5) is 10.8 Å². The Bertz CT molecular complexity index is 1150. The van der Waals surface area contributed by atoms with Crippen LogP contribution in [0, 0.1) is 10.1 Å². The fraction of sp³-hybridized carbons (Fsp3) is 0.0526. The maximum Gasteiger partial charge on any atom is 0.284 e. The molecule has 0 spiro atoms. The molecule has 0 aliphatic carbocycles. The van der Waals surface area contributed by atoms with Gasteiger partial charge in [0.05, 0.1) is 40.1 Å². The highest BCUT2D eigenvalue weighted by atomic mass is 32.1. The molecule has 0 atom stereocenters. The summed E-state index contributed by atoms with van der Waals surface area (Å²) in [7, 11) is 1.46. The standard InChI is InChI=1S/C19H14N4O4S/c1-26-12-6-8-14(16(10-12)23(24)25)17-9-7-13(27-17)11-20-22-19-21-15-4-2-3-5-18(15)28-19/h2-11H,1H3,(H,21,22). The van der Waals surface area contributed by atoms with Crippen LogP contribution in [-0.2, 0) is 0 Å². The van der Waals surface area contributed by atoms with Gasteiger partial charge in [0.2, 0.25) is 5.13 Å². The monoisotopic (exact) mass is 394 g/mol. The second-order valence-corrected chi connectivity index (χ2v) is 6.73. The van der Waals surface area contributed by atoms with E-state index in [1.807, 2.05) is 24.3 Å². The zero-order chi connectivity index (χ0) is 19.5. The minimum absolute atomic E-state index is 0.0928. The molecule has 0 fully saturated rings. The number of hydrogen-bond acceptors (Lipinski definition) is 8. The van der Waals surface area contributed by atoms with Crippen molar-refractivity contribution in [3.05, 3.63) is 70.5 Å². The van der Waals surface area contributed by atoms with Gasteiger partial charge in [-0.2, -0.15) is 5.10 Å². The number of nitro groups is 1. The highest BCUT2D eigenvalue weighted by molar-refractivity contribution is 7.22. The molecule has 9 heteroatoms. The molecule has 2 aromatic heterocycles. The number of benzene rings is 2. The van der Waals surface area contributed by atoms with Crippen LogP contribution < -0.4 is 10.2 Å². The molecule has 2 aromatic carbocycles. The quantitative estimate of drug-likeness (QED) is 0.283. The molecule has 0 amide bonds. The summed E-state index contributed by atoms with van der Waals surface area (Å²) in [6.07, 6.45) is 1.49. The van der Waals surface area contributed by atoms with Gasteiger partial charge in [0.15, 0.2) is 0 Å². The van der Waals surface area contributed by atoms with Crippen molar-refractivity contribution in [3.63, 3.8) is 0 Å². The van der Waals surface area contributed by atoms with Crippen molar-refractivity contribution >= 4 is 38.6 Å². The Morgan fingerprint density at radius 2 is 2.11 bits per heavy atom. The first-order chi connectivity index (χ1) is 13.6. The first-order valence-electron chi connectivity index (χ1n) is 8.21. The van der Waals surface area contributed by atoms with E-state index in [2.05, 4.69) is 15.5 Å². The van der Waals surface area contributed by atoms with Crippen LogP contribution in [0.5, 0.6) is 5.75 Å². The van der Waals surface area contributed by atoms with Gasteiger partial charge in [-0.25, -0.2) is 4.98 Å². The maximum atomic E-state index is 11.3. The molecule has 140 valence electrons. The van der Waals surface area contributed by atoms with E-state index >= 15 is 0 Å². The summed E-state index contributed by atoms with van der Waals surface area (Å²) in [6, 6.07) is 15.8. The molecular formula is C19H14N4O4S. The summed E-state index contributed by atoms with van der Waals surface area (Å²) >= 11 is 1.49. The van der Waals surface area contributed by atoms with Gasteiger partial charge in [-0.1, -0.05) is 23.5 Å². The molecule has 4 rings (SSSR count). The van der Waals surface area contributed by atoms with Crippen LogP contribution >= 0.6 is 11.3 Å². The molecule has 0 radical (unpaired) electrons. The van der Waals surface area contributed by atoms with E-state index in [1.54, 1.807) is 24.3 Å². The van der Waals surface area contributed by atoms with Crippen molar-refractivity contribution in [1.29, 1.82) is 0 Å². The molecule has 1 N–H and O–H groups in total. The van der Waals surface area contributed by atoms with E-state index in [9.17, 15) is 10.1 Å². The van der Waals surface area contributed by atoms with Crippen molar-refractivity contribution in [2.45, 2.75) is 0 Å². The Balaban J connectivity index is 1.53. The Hall–Kier alpha value is -3.72. The van der Waals surface area contributed by atoms with Crippen molar-refractivity contribution in [2.24, 2.45) is 5.10 Å². The summed E-state index contributed by atoms with van der Waals surface area (Å²) in [4.78, 5) is 15.3. The molecule has 28 heavy (non-hydrogen) atoms. The minimum Gasteiger partial charge on any atom is -0.497 e. The van der Waals surface area contributed by atoms with E-state index in [0.29, 0.717) is 28.0 Å². The van der Waals surface area contributed by atoms with Crippen molar-refractivity contribution < 1.29 is 14.1 Å². The number of para-hydroxylation sites is 1. The van der Waals surface area contributed by atoms with Gasteiger partial charge in [0.25, 0.3) is 5.69 Å². The predicted molar refractivity (Wildman–Crippen MR) is 108 cm³/mol. The van der Waals surface area contributed by atoms with Gasteiger partial charge >= 0.3 is 0 Å². The number of fused-ring (bicyclic) bond motifs is 1. The second-order valence-electron chi connectivity index (χ2n) is 5.70. The summed E-state index contributed by atoms with van der Waals surface area (Å²) < 4.78 is 11.8. The summed E-state index contributed by atoms with van der Waals surface area (Å²) in [6.45, 7) is 0. The first kappa shape index (κ1) is 17.7. The third-order valence-corrected chi connectivity index (χ3v) is 4.88. The third kappa shape index (κ3) is 3.55. The van der Waals surface area contributed by atoms with E-state index in [-0.39, 0.29) is 5.69 Å². The number of methoxy groups -OCH3 is 1. The molecule has 4 aromatic rings. The Kier molecular flexibility index (Phi) is 4.73. The lowest BCUT2D eigenvalue weighted by atomic mass is 10.1. The fourth-order valence-corrected chi connectivity index (χ4v) is 3.45. The lowest BCUT2D eigenvalue weighted by Gasteiger charge is -2.03. The van der Waals surface area contributed by atoms with Crippen LogP contribution in [0.1, 0.15) is 5.76 Å². The highest BCUT2D eigenvalue weighted by Crippen LogP contribution is 2.34. The van der Waals surface area contributed by atoms with Gasteiger partial charge in [-0.15, -0.1) is 0 Å². The lowest BCUT2D eigenvalue weighted by Crippen LogP contribution is -1.93. The average molecular weight is 394 g/mol. The van der Waals surface area contributed by atoms with Crippen LogP contribution in [0.3, 0.4) is 0 Å². The number of nitrogens with zero attached hydrogens (tertiary/aromatic N) is 3. The molecule has 0 aliphatic heterocycles. The van der Waals surface area contributed by atoms with Crippen LogP contribution in [-0.4, -0.2) is 23.2 Å². The van der Waals surface area contributed by atoms with Crippen LogP contribution in [0.2, 0.25) is 0 Å². The first-order valence-corrected chi connectivity index (χ1v) is 9.03. The average Bonchev–Trinajstić information content (AvgIpc) is 3.34. The molecule has 0 saturated heterocycles. The number of furan rings is 1. The zero-order valence-corrected chi connectivity index (χ0v) is 15.5. The number of nitro benzene ring substituents is 1. The van der Waals surface area contributed by atoms with E-state index in [1.165, 1.54) is 30.7 Å². The minimum atomic E-state index is -0.469. The Morgan fingerprint density at radius 3 is 2.89 bits per heavy atom. The molecule has 0 bridgehead atoms. The van der Waals surface area contributed by atoms with Gasteiger partial charge in [0.1, 0.15) is 17.3 Å². The number of ether oxygens (including phenoxy) is 1. The van der Waals surface area contributed by atoms with Crippen LogP contribution in [0.15, 0.2) is 64.1 Å². The molecular weight excluding hydrogens is 380 g/mol. The van der Waals surface area contributed by atoms with Crippen molar-refractivity contribution in [2.75, 3.05) is 12.5 Å². The van der Waals surface area contributed by atoms with Crippen molar-refractivity contribution in [1.82, 2.24) is 4.98 Å². The molecule has 0 unspecified atom stereocenters. The number of hydrazone groups is 1. The number of nitrogens with one attached hydrogen (secondary N) is 1. The molecule has 0 aliphatic rings. The summed E-state index contributed by atoms with van der Waals surface area (Å²) in [5.41, 5.74) is 4.04. The number of aromatic nitrogens is 1. The smallest absolute Gasteiger partial charge is 0.284 e. The van der Waals surface area contributed by atoms with Gasteiger partial charge in [0, 0.05) is 0 Å². The second kappa shape index (κ2) is 7.49. The maximum absolute atomic E-state index is 11.3. The van der Waals surface area contributed by atoms with Gasteiger partial charge in [-0.3, -0.25) is 15.5 Å². The Morgan fingerprint density at radius 1 is 1.25 bits per heavy atom. The topological polar surface area (TPSA) is 103 Å². The Labute approximate surface area is 163 Å². The molecule has 0 saturated carbocycles. The predicted octanol–water partition coefficient (Wildman–Crippen LogP) is 4.92. The molecule has 2 heterocycles. The normalized spacial score (nSPS) is 11.2. The van der Waals surface area contributed by atoms with Crippen molar-refractivity contribution in [3.8, 4) is 17.1 Å². The fourth-order valence-electron chi connectivity index (χ4n) is 2.64. The third-order valence-electron chi connectivity index (χ3n) is 3.94. The number of anilines is 1. The highest BCUT2D eigenvalue weighted by Gasteiger charge is 2.19.